The third kappa shape index (κ3) is 2.90. The van der Waals surface area contributed by atoms with Crippen LogP contribution in [0.5, 0.6) is 17.2 Å². The van der Waals surface area contributed by atoms with E-state index in [0.29, 0.717) is 12.0 Å². The lowest BCUT2D eigenvalue weighted by Crippen LogP contribution is -2.21. The van der Waals surface area contributed by atoms with Gasteiger partial charge in [-0.3, -0.25) is 4.79 Å². The number of ether oxygens (including phenoxy) is 1. The number of fused-ring (bicyclic) bond motifs is 1. The number of Topliss-reactive ketones (excluding diaryl/α,β-unsaturated/α-hetero) is 1. The summed E-state index contributed by atoms with van der Waals surface area (Å²) in [5, 5.41) is 21.0. The summed E-state index contributed by atoms with van der Waals surface area (Å²) in [5.41, 5.74) is 2.31. The van der Waals surface area contributed by atoms with Gasteiger partial charge in [0.1, 0.15) is 28.9 Å². The first-order valence-electron chi connectivity index (χ1n) is 8.50. The van der Waals surface area contributed by atoms with Crippen molar-refractivity contribution in [3.63, 3.8) is 0 Å². The van der Waals surface area contributed by atoms with Gasteiger partial charge in [-0.25, -0.2) is 0 Å². The lowest BCUT2D eigenvalue weighted by atomic mass is 9.92. The van der Waals surface area contributed by atoms with Crippen LogP contribution < -0.4 is 4.74 Å². The molecule has 1 unspecified atom stereocenters. The van der Waals surface area contributed by atoms with Gasteiger partial charge in [-0.2, -0.15) is 0 Å². The highest BCUT2D eigenvalue weighted by atomic mass is 16.5. The number of phenolic OH excluding ortho intramolecular Hbond substituents is 2. The molecule has 1 heterocycles. The van der Waals surface area contributed by atoms with Crippen LogP contribution in [0.25, 0.3) is 0 Å². The minimum Gasteiger partial charge on any atom is -0.507 e. The first-order chi connectivity index (χ1) is 12.6. The van der Waals surface area contributed by atoms with Gasteiger partial charge in [-0.15, -0.1) is 0 Å². The van der Waals surface area contributed by atoms with Crippen molar-refractivity contribution in [2.75, 3.05) is 0 Å². The van der Waals surface area contributed by atoms with E-state index in [1.165, 1.54) is 6.07 Å². The molecule has 4 heteroatoms. The fraction of sp³-hybridized carbons (Fsp3) is 0.136. The normalized spacial score (nSPS) is 16.0. The number of hydrogen-bond acceptors (Lipinski definition) is 4. The average molecular weight is 346 g/mol. The summed E-state index contributed by atoms with van der Waals surface area (Å²) in [7, 11) is 0. The van der Waals surface area contributed by atoms with E-state index in [2.05, 4.69) is 0 Å². The van der Waals surface area contributed by atoms with E-state index in [1.807, 2.05) is 60.7 Å². The first kappa shape index (κ1) is 16.2. The maximum atomic E-state index is 12.7. The molecule has 0 spiro atoms. The molecule has 0 fully saturated rings. The van der Waals surface area contributed by atoms with Gasteiger partial charge < -0.3 is 14.9 Å². The quantitative estimate of drug-likeness (QED) is 0.738. The molecule has 4 rings (SSSR count). The van der Waals surface area contributed by atoms with Crippen molar-refractivity contribution in [3.8, 4) is 17.2 Å². The van der Waals surface area contributed by atoms with E-state index >= 15 is 0 Å². The predicted octanol–water partition coefficient (Wildman–Crippen LogP) is 4.40. The number of benzene rings is 3. The third-order valence-electron chi connectivity index (χ3n) is 4.66. The Kier molecular flexibility index (Phi) is 4.09. The summed E-state index contributed by atoms with van der Waals surface area (Å²) in [6, 6.07) is 20.4. The van der Waals surface area contributed by atoms with Gasteiger partial charge in [0.2, 0.25) is 0 Å². The van der Waals surface area contributed by atoms with E-state index < -0.39 is 6.10 Å². The van der Waals surface area contributed by atoms with Gasteiger partial charge in [-0.1, -0.05) is 60.7 Å². The predicted molar refractivity (Wildman–Crippen MR) is 97.8 cm³/mol. The Labute approximate surface area is 151 Å². The zero-order chi connectivity index (χ0) is 18.1. The van der Waals surface area contributed by atoms with Crippen LogP contribution >= 0.6 is 0 Å². The maximum Gasteiger partial charge on any atom is 0.174 e. The molecule has 0 radical (unpaired) electrons. The number of ketones is 1. The van der Waals surface area contributed by atoms with Gasteiger partial charge in [-0.05, 0) is 11.1 Å². The second-order valence-electron chi connectivity index (χ2n) is 6.40. The summed E-state index contributed by atoms with van der Waals surface area (Å²) >= 11 is 0. The number of hydrogen-bond donors (Lipinski definition) is 2. The number of aromatic hydroxyl groups is 2. The summed E-state index contributed by atoms with van der Waals surface area (Å²) < 4.78 is 5.91. The highest BCUT2D eigenvalue weighted by Gasteiger charge is 2.32. The maximum absolute atomic E-state index is 12.7. The second kappa shape index (κ2) is 6.56. The van der Waals surface area contributed by atoms with Crippen molar-refractivity contribution in [1.82, 2.24) is 0 Å². The minimum absolute atomic E-state index is 0.0772. The second-order valence-corrected chi connectivity index (χ2v) is 6.40. The van der Waals surface area contributed by atoms with Gasteiger partial charge in [0.25, 0.3) is 0 Å². The van der Waals surface area contributed by atoms with Crippen LogP contribution in [0.3, 0.4) is 0 Å². The Balaban J connectivity index is 1.72. The van der Waals surface area contributed by atoms with Crippen LogP contribution in [0.1, 0.15) is 39.6 Å². The van der Waals surface area contributed by atoms with Crippen LogP contribution in [0.15, 0.2) is 66.7 Å². The van der Waals surface area contributed by atoms with Crippen molar-refractivity contribution >= 4 is 5.78 Å². The van der Waals surface area contributed by atoms with Crippen molar-refractivity contribution in [2.45, 2.75) is 18.9 Å². The molecule has 0 aromatic heterocycles. The number of rotatable bonds is 3. The van der Waals surface area contributed by atoms with Crippen molar-refractivity contribution in [1.29, 1.82) is 0 Å². The Bertz CT molecular complexity index is 949. The molecule has 2 N–H and O–H groups in total. The topological polar surface area (TPSA) is 66.8 Å². The van der Waals surface area contributed by atoms with Crippen LogP contribution in [0.2, 0.25) is 0 Å². The smallest absolute Gasteiger partial charge is 0.174 e. The first-order valence-corrected chi connectivity index (χ1v) is 8.50. The van der Waals surface area contributed by atoms with Crippen molar-refractivity contribution in [2.24, 2.45) is 0 Å². The Hall–Kier alpha value is -3.27. The lowest BCUT2D eigenvalue weighted by molar-refractivity contribution is 0.0844. The number of phenols is 2. The van der Waals surface area contributed by atoms with Crippen molar-refractivity contribution < 1.29 is 19.7 Å². The fourth-order valence-electron chi connectivity index (χ4n) is 3.33. The average Bonchev–Trinajstić information content (AvgIpc) is 2.66. The van der Waals surface area contributed by atoms with Gasteiger partial charge >= 0.3 is 0 Å². The van der Waals surface area contributed by atoms with Gasteiger partial charge in [0.05, 0.1) is 6.42 Å². The molecular formula is C22H18O4. The minimum atomic E-state index is -0.421. The molecule has 4 nitrogen and oxygen atoms in total. The Morgan fingerprint density at radius 1 is 0.962 bits per heavy atom. The zero-order valence-corrected chi connectivity index (χ0v) is 14.1. The van der Waals surface area contributed by atoms with E-state index in [1.54, 1.807) is 0 Å². The molecule has 0 bridgehead atoms. The molecule has 0 amide bonds. The van der Waals surface area contributed by atoms with Gasteiger partial charge in [0, 0.05) is 18.1 Å². The SMILES string of the molecule is O=C1CC(c2ccccc2)Oc2cc(O)c(Cc3ccccc3)c(O)c21. The van der Waals surface area contributed by atoms with E-state index in [-0.39, 0.29) is 35.0 Å². The fourth-order valence-corrected chi connectivity index (χ4v) is 3.33. The summed E-state index contributed by atoms with van der Waals surface area (Å²) in [4.78, 5) is 12.7. The zero-order valence-electron chi connectivity index (χ0n) is 14.1. The standard InChI is InChI=1S/C22H18O4/c23-17-12-20-21(22(25)16(17)11-14-7-3-1-4-8-14)18(24)13-19(26-20)15-9-5-2-6-10-15/h1-10,12,19,23,25H,11,13H2. The number of carbonyl (C=O) groups is 1. The van der Waals surface area contributed by atoms with E-state index in [0.717, 1.165) is 11.1 Å². The molecule has 3 aromatic rings. The molecule has 26 heavy (non-hydrogen) atoms. The largest absolute Gasteiger partial charge is 0.507 e. The van der Waals surface area contributed by atoms with E-state index in [9.17, 15) is 15.0 Å². The molecule has 1 aliphatic heterocycles. The molecule has 0 saturated carbocycles. The van der Waals surface area contributed by atoms with Crippen LogP contribution in [0.4, 0.5) is 0 Å². The van der Waals surface area contributed by atoms with Crippen molar-refractivity contribution in [3.05, 3.63) is 89.0 Å². The summed E-state index contributed by atoms with van der Waals surface area (Å²) in [6.45, 7) is 0. The molecule has 1 atom stereocenters. The Morgan fingerprint density at radius 2 is 1.62 bits per heavy atom. The highest BCUT2D eigenvalue weighted by Crippen LogP contribution is 2.45. The summed E-state index contributed by atoms with van der Waals surface area (Å²) in [5.74, 6) is -0.235. The molecular weight excluding hydrogens is 328 g/mol. The molecule has 0 saturated heterocycles. The lowest BCUT2D eigenvalue weighted by Gasteiger charge is -2.27. The summed E-state index contributed by atoms with van der Waals surface area (Å²) in [6.07, 6.45) is 0.0661. The van der Waals surface area contributed by atoms with Gasteiger partial charge in [0.15, 0.2) is 5.78 Å². The Morgan fingerprint density at radius 3 is 2.31 bits per heavy atom. The van der Waals surface area contributed by atoms with E-state index in [4.69, 9.17) is 4.74 Å². The molecule has 1 aliphatic rings. The molecule has 130 valence electrons. The highest BCUT2D eigenvalue weighted by molar-refractivity contribution is 6.03. The van der Waals surface area contributed by atoms with Crippen LogP contribution in [-0.4, -0.2) is 16.0 Å². The third-order valence-corrected chi connectivity index (χ3v) is 4.66. The molecule has 3 aromatic carbocycles. The van der Waals surface area contributed by atoms with Crippen LogP contribution in [-0.2, 0) is 6.42 Å². The number of carbonyl (C=O) groups excluding carboxylic acids is 1. The molecule has 0 aliphatic carbocycles. The monoisotopic (exact) mass is 346 g/mol. The van der Waals surface area contributed by atoms with Crippen LogP contribution in [0, 0.1) is 0 Å².